The SMILES string of the molecule is C[C@H](CN1CCC(CCn2cccn2)CC1)c1ccccc1. The maximum atomic E-state index is 4.29. The molecule has 118 valence electrons. The van der Waals surface area contributed by atoms with Crippen molar-refractivity contribution < 1.29 is 0 Å². The minimum atomic E-state index is 0.627. The van der Waals surface area contributed by atoms with Crippen molar-refractivity contribution in [1.82, 2.24) is 14.7 Å². The summed E-state index contributed by atoms with van der Waals surface area (Å²) in [4.78, 5) is 2.64. The third-order valence-electron chi connectivity index (χ3n) is 4.93. The molecule has 0 unspecified atom stereocenters. The summed E-state index contributed by atoms with van der Waals surface area (Å²) in [5.41, 5.74) is 1.46. The Labute approximate surface area is 133 Å². The van der Waals surface area contributed by atoms with Crippen LogP contribution in [0.15, 0.2) is 48.8 Å². The average Bonchev–Trinajstić information content (AvgIpc) is 3.08. The van der Waals surface area contributed by atoms with Crippen molar-refractivity contribution in [2.75, 3.05) is 19.6 Å². The predicted molar refractivity (Wildman–Crippen MR) is 90.9 cm³/mol. The molecule has 1 aromatic carbocycles. The molecule has 0 radical (unpaired) electrons. The Hall–Kier alpha value is -1.61. The second-order valence-corrected chi connectivity index (χ2v) is 6.61. The fourth-order valence-corrected chi connectivity index (χ4v) is 3.48. The van der Waals surface area contributed by atoms with E-state index in [1.54, 1.807) is 0 Å². The standard InChI is InChI=1S/C19H27N3/c1-17(19-6-3-2-4-7-19)16-21-13-8-18(9-14-21)10-15-22-12-5-11-20-22/h2-7,11-12,17-18H,8-10,13-16H2,1H3/t17-/m1/s1. The first-order valence-corrected chi connectivity index (χ1v) is 8.56. The summed E-state index contributed by atoms with van der Waals surface area (Å²) in [6.45, 7) is 7.11. The van der Waals surface area contributed by atoms with Crippen molar-refractivity contribution >= 4 is 0 Å². The molecule has 0 amide bonds. The quantitative estimate of drug-likeness (QED) is 0.809. The van der Waals surface area contributed by atoms with E-state index in [-0.39, 0.29) is 0 Å². The molecule has 1 aromatic heterocycles. The molecule has 0 bridgehead atoms. The first-order chi connectivity index (χ1) is 10.8. The smallest absolute Gasteiger partial charge is 0.0489 e. The first-order valence-electron chi connectivity index (χ1n) is 8.56. The first kappa shape index (κ1) is 15.3. The third-order valence-corrected chi connectivity index (χ3v) is 4.93. The van der Waals surface area contributed by atoms with E-state index in [9.17, 15) is 0 Å². The normalized spacial score (nSPS) is 18.4. The van der Waals surface area contributed by atoms with Crippen LogP contribution in [0.1, 0.15) is 37.7 Å². The van der Waals surface area contributed by atoms with Crippen LogP contribution in [0, 0.1) is 5.92 Å². The van der Waals surface area contributed by atoms with E-state index in [1.165, 1.54) is 44.5 Å². The summed E-state index contributed by atoms with van der Waals surface area (Å²) in [6.07, 6.45) is 7.87. The Bertz CT molecular complexity index is 527. The maximum Gasteiger partial charge on any atom is 0.0489 e. The number of hydrogen-bond acceptors (Lipinski definition) is 2. The van der Waals surface area contributed by atoms with Gasteiger partial charge in [-0.3, -0.25) is 4.68 Å². The van der Waals surface area contributed by atoms with E-state index in [4.69, 9.17) is 0 Å². The zero-order valence-corrected chi connectivity index (χ0v) is 13.6. The summed E-state index contributed by atoms with van der Waals surface area (Å²) in [7, 11) is 0. The second kappa shape index (κ2) is 7.59. The van der Waals surface area contributed by atoms with E-state index in [2.05, 4.69) is 58.1 Å². The van der Waals surface area contributed by atoms with Gasteiger partial charge >= 0.3 is 0 Å². The predicted octanol–water partition coefficient (Wildman–Crippen LogP) is 3.79. The molecule has 0 N–H and O–H groups in total. The van der Waals surface area contributed by atoms with Gasteiger partial charge in [0.25, 0.3) is 0 Å². The van der Waals surface area contributed by atoms with Gasteiger partial charge < -0.3 is 4.90 Å². The number of rotatable bonds is 6. The van der Waals surface area contributed by atoms with E-state index < -0.39 is 0 Å². The molecule has 22 heavy (non-hydrogen) atoms. The van der Waals surface area contributed by atoms with Crippen LogP contribution in [0.3, 0.4) is 0 Å². The van der Waals surface area contributed by atoms with Crippen molar-refractivity contribution in [2.45, 2.75) is 38.6 Å². The molecular weight excluding hydrogens is 270 g/mol. The molecule has 3 heteroatoms. The van der Waals surface area contributed by atoms with Crippen LogP contribution in [0.25, 0.3) is 0 Å². The number of likely N-dealkylation sites (tertiary alicyclic amines) is 1. The van der Waals surface area contributed by atoms with Gasteiger partial charge in [-0.25, -0.2) is 0 Å². The summed E-state index contributed by atoms with van der Waals surface area (Å²) in [6, 6.07) is 12.9. The lowest BCUT2D eigenvalue weighted by atomic mass is 9.92. The molecular formula is C19H27N3. The lowest BCUT2D eigenvalue weighted by molar-refractivity contribution is 0.168. The molecule has 1 aliphatic heterocycles. The summed E-state index contributed by atoms with van der Waals surface area (Å²) in [5, 5.41) is 4.29. The number of nitrogens with zero attached hydrogens (tertiary/aromatic N) is 3. The van der Waals surface area contributed by atoms with Crippen molar-refractivity contribution in [3.05, 3.63) is 54.4 Å². The lowest BCUT2D eigenvalue weighted by Crippen LogP contribution is -2.36. The number of piperidine rings is 1. The highest BCUT2D eigenvalue weighted by molar-refractivity contribution is 5.19. The second-order valence-electron chi connectivity index (χ2n) is 6.61. The maximum absolute atomic E-state index is 4.29. The van der Waals surface area contributed by atoms with E-state index in [0.29, 0.717) is 5.92 Å². The number of aryl methyl sites for hydroxylation is 1. The van der Waals surface area contributed by atoms with Crippen LogP contribution in [-0.4, -0.2) is 34.3 Å². The summed E-state index contributed by atoms with van der Waals surface area (Å²) >= 11 is 0. The van der Waals surface area contributed by atoms with E-state index in [0.717, 1.165) is 12.5 Å². The van der Waals surface area contributed by atoms with Gasteiger partial charge in [-0.15, -0.1) is 0 Å². The highest BCUT2D eigenvalue weighted by Gasteiger charge is 2.20. The topological polar surface area (TPSA) is 21.1 Å². The van der Waals surface area contributed by atoms with Gasteiger partial charge in [-0.1, -0.05) is 37.3 Å². The number of aromatic nitrogens is 2. The fourth-order valence-electron chi connectivity index (χ4n) is 3.48. The van der Waals surface area contributed by atoms with Crippen molar-refractivity contribution in [3.63, 3.8) is 0 Å². The fraction of sp³-hybridized carbons (Fsp3) is 0.526. The van der Waals surface area contributed by atoms with Crippen LogP contribution in [0.5, 0.6) is 0 Å². The van der Waals surface area contributed by atoms with Crippen LogP contribution in [0.4, 0.5) is 0 Å². The van der Waals surface area contributed by atoms with Crippen LogP contribution < -0.4 is 0 Å². The summed E-state index contributed by atoms with van der Waals surface area (Å²) < 4.78 is 2.06. The molecule has 0 spiro atoms. The van der Waals surface area contributed by atoms with Crippen molar-refractivity contribution in [3.8, 4) is 0 Å². The van der Waals surface area contributed by atoms with E-state index >= 15 is 0 Å². The molecule has 0 aliphatic carbocycles. The lowest BCUT2D eigenvalue weighted by Gasteiger charge is -2.33. The Morgan fingerprint density at radius 1 is 1.14 bits per heavy atom. The van der Waals surface area contributed by atoms with E-state index in [1.807, 2.05) is 12.3 Å². The molecule has 1 fully saturated rings. The molecule has 2 aromatic rings. The molecule has 0 saturated carbocycles. The Morgan fingerprint density at radius 2 is 1.91 bits per heavy atom. The minimum Gasteiger partial charge on any atom is -0.303 e. The number of benzene rings is 1. The van der Waals surface area contributed by atoms with Crippen LogP contribution >= 0.6 is 0 Å². The third kappa shape index (κ3) is 4.20. The van der Waals surface area contributed by atoms with Gasteiger partial charge in [-0.2, -0.15) is 5.10 Å². The van der Waals surface area contributed by atoms with Gasteiger partial charge in [0.15, 0.2) is 0 Å². The molecule has 3 rings (SSSR count). The zero-order valence-electron chi connectivity index (χ0n) is 13.6. The van der Waals surface area contributed by atoms with Gasteiger partial charge in [-0.05, 0) is 55.8 Å². The van der Waals surface area contributed by atoms with Crippen molar-refractivity contribution in [1.29, 1.82) is 0 Å². The van der Waals surface area contributed by atoms with Gasteiger partial charge in [0.05, 0.1) is 0 Å². The Balaban J connectivity index is 1.40. The van der Waals surface area contributed by atoms with Crippen molar-refractivity contribution in [2.24, 2.45) is 5.92 Å². The van der Waals surface area contributed by atoms with Gasteiger partial charge in [0, 0.05) is 25.5 Å². The van der Waals surface area contributed by atoms with Gasteiger partial charge in [0.2, 0.25) is 0 Å². The molecule has 3 nitrogen and oxygen atoms in total. The molecule has 1 aliphatic rings. The molecule has 1 atom stereocenters. The largest absolute Gasteiger partial charge is 0.303 e. The minimum absolute atomic E-state index is 0.627. The zero-order chi connectivity index (χ0) is 15.2. The number of hydrogen-bond donors (Lipinski definition) is 0. The monoisotopic (exact) mass is 297 g/mol. The van der Waals surface area contributed by atoms with Crippen LogP contribution in [0.2, 0.25) is 0 Å². The Kier molecular flexibility index (Phi) is 5.28. The van der Waals surface area contributed by atoms with Crippen LogP contribution in [-0.2, 0) is 6.54 Å². The highest BCUT2D eigenvalue weighted by Crippen LogP contribution is 2.24. The summed E-state index contributed by atoms with van der Waals surface area (Å²) in [5.74, 6) is 1.49. The molecule has 1 saturated heterocycles. The highest BCUT2D eigenvalue weighted by atomic mass is 15.3. The average molecular weight is 297 g/mol. The molecule has 2 heterocycles. The van der Waals surface area contributed by atoms with Gasteiger partial charge in [0.1, 0.15) is 0 Å². The Morgan fingerprint density at radius 3 is 2.59 bits per heavy atom.